The Bertz CT molecular complexity index is 1150. The zero-order chi connectivity index (χ0) is 21.4. The van der Waals surface area contributed by atoms with E-state index in [1.54, 1.807) is 7.05 Å². The standard InChI is InChI=1S/C22H29N5O3/c1-15-12-26(13-16(2)30-15)14-18-23-20-19(21(28)25(4)22(29)24(20)3)27(18)11-10-17-8-6-5-7-9-17/h5-9,15-16H,10-14H2,1-4H3/t15-,16+. The van der Waals surface area contributed by atoms with Crippen LogP contribution in [0.15, 0.2) is 39.9 Å². The van der Waals surface area contributed by atoms with Gasteiger partial charge in [-0.15, -0.1) is 0 Å². The summed E-state index contributed by atoms with van der Waals surface area (Å²) in [6.07, 6.45) is 1.07. The molecule has 0 aliphatic carbocycles. The first-order chi connectivity index (χ1) is 14.3. The predicted molar refractivity (Wildman–Crippen MR) is 116 cm³/mol. The fourth-order valence-corrected chi connectivity index (χ4v) is 4.35. The Kier molecular flexibility index (Phi) is 5.62. The van der Waals surface area contributed by atoms with Crippen molar-refractivity contribution in [1.82, 2.24) is 23.6 Å². The molecular formula is C22H29N5O3. The van der Waals surface area contributed by atoms with Gasteiger partial charge in [-0.05, 0) is 25.8 Å². The molecule has 2 atom stereocenters. The van der Waals surface area contributed by atoms with E-state index in [0.29, 0.717) is 24.3 Å². The maximum Gasteiger partial charge on any atom is 0.332 e. The average molecular weight is 412 g/mol. The summed E-state index contributed by atoms with van der Waals surface area (Å²) >= 11 is 0. The largest absolute Gasteiger partial charge is 0.373 e. The Morgan fingerprint density at radius 3 is 2.37 bits per heavy atom. The highest BCUT2D eigenvalue weighted by molar-refractivity contribution is 5.71. The Hall–Kier alpha value is -2.71. The molecule has 1 aliphatic heterocycles. The van der Waals surface area contributed by atoms with Crippen molar-refractivity contribution < 1.29 is 4.74 Å². The van der Waals surface area contributed by atoms with E-state index in [-0.39, 0.29) is 23.5 Å². The lowest BCUT2D eigenvalue weighted by atomic mass is 10.1. The lowest BCUT2D eigenvalue weighted by Crippen LogP contribution is -2.45. The van der Waals surface area contributed by atoms with Crippen LogP contribution in [0, 0.1) is 0 Å². The zero-order valence-electron chi connectivity index (χ0n) is 18.0. The first-order valence-electron chi connectivity index (χ1n) is 10.4. The second-order valence-corrected chi connectivity index (χ2v) is 8.24. The Morgan fingerprint density at radius 1 is 1.03 bits per heavy atom. The van der Waals surface area contributed by atoms with Crippen molar-refractivity contribution in [2.75, 3.05) is 13.1 Å². The van der Waals surface area contributed by atoms with Crippen LogP contribution in [0.4, 0.5) is 0 Å². The molecule has 0 bridgehead atoms. The van der Waals surface area contributed by atoms with E-state index >= 15 is 0 Å². The number of rotatable bonds is 5. The summed E-state index contributed by atoms with van der Waals surface area (Å²) in [5.74, 6) is 0.806. The summed E-state index contributed by atoms with van der Waals surface area (Å²) in [6, 6.07) is 10.2. The second-order valence-electron chi connectivity index (χ2n) is 8.24. The SMILES string of the molecule is C[C@@H]1CN(Cc2nc3c(c(=O)n(C)c(=O)n3C)n2CCc2ccccc2)C[C@H](C)O1. The minimum absolute atomic E-state index is 0.146. The van der Waals surface area contributed by atoms with Crippen LogP contribution < -0.4 is 11.2 Å². The summed E-state index contributed by atoms with van der Waals surface area (Å²) in [7, 11) is 3.19. The van der Waals surface area contributed by atoms with Gasteiger partial charge in [0, 0.05) is 33.7 Å². The molecule has 2 aromatic heterocycles. The molecule has 0 amide bonds. The Labute approximate surface area is 175 Å². The molecule has 0 saturated carbocycles. The van der Waals surface area contributed by atoms with Gasteiger partial charge in [-0.3, -0.25) is 18.8 Å². The van der Waals surface area contributed by atoms with Crippen LogP contribution in [-0.2, 0) is 38.3 Å². The minimum atomic E-state index is -0.361. The van der Waals surface area contributed by atoms with Crippen molar-refractivity contribution in [3.8, 4) is 0 Å². The van der Waals surface area contributed by atoms with Gasteiger partial charge in [-0.25, -0.2) is 9.78 Å². The Morgan fingerprint density at radius 2 is 1.70 bits per heavy atom. The number of hydrogen-bond acceptors (Lipinski definition) is 5. The van der Waals surface area contributed by atoms with E-state index in [1.165, 1.54) is 17.2 Å². The van der Waals surface area contributed by atoms with E-state index in [0.717, 1.165) is 29.9 Å². The number of nitrogens with zero attached hydrogens (tertiary/aromatic N) is 5. The van der Waals surface area contributed by atoms with Crippen molar-refractivity contribution in [1.29, 1.82) is 0 Å². The molecule has 1 aromatic carbocycles. The zero-order valence-corrected chi connectivity index (χ0v) is 18.0. The van der Waals surface area contributed by atoms with Crippen molar-refractivity contribution in [3.05, 3.63) is 62.6 Å². The van der Waals surface area contributed by atoms with E-state index in [1.807, 2.05) is 22.8 Å². The lowest BCUT2D eigenvalue weighted by molar-refractivity contribution is -0.0712. The van der Waals surface area contributed by atoms with E-state index < -0.39 is 0 Å². The van der Waals surface area contributed by atoms with Crippen LogP contribution in [0.2, 0.25) is 0 Å². The van der Waals surface area contributed by atoms with Crippen LogP contribution in [0.1, 0.15) is 25.2 Å². The van der Waals surface area contributed by atoms with Gasteiger partial charge in [0.05, 0.1) is 18.8 Å². The summed E-state index contributed by atoms with van der Waals surface area (Å²) in [6.45, 7) is 6.99. The minimum Gasteiger partial charge on any atom is -0.373 e. The molecule has 0 spiro atoms. The molecule has 3 aromatic rings. The number of aromatic nitrogens is 4. The smallest absolute Gasteiger partial charge is 0.332 e. The first-order valence-corrected chi connectivity index (χ1v) is 10.4. The van der Waals surface area contributed by atoms with Gasteiger partial charge in [-0.1, -0.05) is 30.3 Å². The van der Waals surface area contributed by atoms with Gasteiger partial charge in [0.15, 0.2) is 11.2 Å². The predicted octanol–water partition coefficient (Wildman–Crippen LogP) is 1.29. The molecule has 1 fully saturated rings. The van der Waals surface area contributed by atoms with Gasteiger partial charge < -0.3 is 9.30 Å². The van der Waals surface area contributed by atoms with Crippen LogP contribution >= 0.6 is 0 Å². The fraction of sp³-hybridized carbons (Fsp3) is 0.500. The number of imidazole rings is 1. The molecule has 8 heteroatoms. The van der Waals surface area contributed by atoms with Crippen LogP contribution in [-0.4, -0.2) is 48.9 Å². The van der Waals surface area contributed by atoms with Crippen LogP contribution in [0.3, 0.4) is 0 Å². The summed E-state index contributed by atoms with van der Waals surface area (Å²) in [4.78, 5) is 32.5. The van der Waals surface area contributed by atoms with Gasteiger partial charge in [-0.2, -0.15) is 0 Å². The average Bonchev–Trinajstić information content (AvgIpc) is 3.07. The molecule has 1 saturated heterocycles. The van der Waals surface area contributed by atoms with Crippen LogP contribution in [0.5, 0.6) is 0 Å². The molecule has 30 heavy (non-hydrogen) atoms. The molecule has 0 unspecified atom stereocenters. The van der Waals surface area contributed by atoms with Crippen molar-refractivity contribution in [3.63, 3.8) is 0 Å². The van der Waals surface area contributed by atoms with Gasteiger partial charge in [0.25, 0.3) is 5.56 Å². The molecule has 1 aliphatic rings. The number of hydrogen-bond donors (Lipinski definition) is 0. The molecule has 160 valence electrons. The van der Waals surface area contributed by atoms with E-state index in [4.69, 9.17) is 9.72 Å². The maximum absolute atomic E-state index is 13.0. The lowest BCUT2D eigenvalue weighted by Gasteiger charge is -2.35. The quantitative estimate of drug-likeness (QED) is 0.633. The number of aryl methyl sites for hydroxylation is 3. The molecule has 3 heterocycles. The van der Waals surface area contributed by atoms with E-state index in [9.17, 15) is 9.59 Å². The first kappa shape index (κ1) is 20.6. The summed E-state index contributed by atoms with van der Waals surface area (Å²) < 4.78 is 10.5. The number of morpholine rings is 1. The van der Waals surface area contributed by atoms with Crippen molar-refractivity contribution in [2.24, 2.45) is 14.1 Å². The highest BCUT2D eigenvalue weighted by atomic mass is 16.5. The monoisotopic (exact) mass is 411 g/mol. The molecule has 0 N–H and O–H groups in total. The van der Waals surface area contributed by atoms with Crippen molar-refractivity contribution in [2.45, 2.75) is 45.6 Å². The fourth-order valence-electron chi connectivity index (χ4n) is 4.35. The number of fused-ring (bicyclic) bond motifs is 1. The second kappa shape index (κ2) is 8.20. The molecule has 8 nitrogen and oxygen atoms in total. The normalized spacial score (nSPS) is 20.1. The maximum atomic E-state index is 13.0. The highest BCUT2D eigenvalue weighted by Gasteiger charge is 2.25. The third kappa shape index (κ3) is 3.85. The topological polar surface area (TPSA) is 74.3 Å². The third-order valence-corrected chi connectivity index (χ3v) is 5.75. The van der Waals surface area contributed by atoms with Crippen LogP contribution in [0.25, 0.3) is 11.2 Å². The number of benzene rings is 1. The molecule has 0 radical (unpaired) electrons. The van der Waals surface area contributed by atoms with Crippen molar-refractivity contribution >= 4 is 11.2 Å². The third-order valence-electron chi connectivity index (χ3n) is 5.75. The highest BCUT2D eigenvalue weighted by Crippen LogP contribution is 2.18. The number of ether oxygens (including phenoxy) is 1. The van der Waals surface area contributed by atoms with Gasteiger partial charge in [0.1, 0.15) is 5.82 Å². The van der Waals surface area contributed by atoms with Gasteiger partial charge >= 0.3 is 5.69 Å². The summed E-state index contributed by atoms with van der Waals surface area (Å²) in [5, 5.41) is 0. The molecule has 4 rings (SSSR count). The Balaban J connectivity index is 1.77. The van der Waals surface area contributed by atoms with E-state index in [2.05, 4.69) is 30.9 Å². The summed E-state index contributed by atoms with van der Waals surface area (Å²) in [5.41, 5.74) is 1.46. The van der Waals surface area contributed by atoms with Gasteiger partial charge in [0.2, 0.25) is 0 Å². The molecular weight excluding hydrogens is 382 g/mol.